The molecule has 8 nitrogen and oxygen atoms in total. The van der Waals surface area contributed by atoms with Crippen LogP contribution in [0.3, 0.4) is 0 Å². The lowest BCUT2D eigenvalue weighted by Crippen LogP contribution is -2.27. The molecule has 17 rings (SSSR count). The lowest BCUT2D eigenvalue weighted by molar-refractivity contribution is 0.563. The molecule has 1 atom stereocenters. The minimum atomic E-state index is -0.344. The number of rotatable bonds is 4. The average Bonchev–Trinajstić information content (AvgIpc) is 4.35. The molecule has 1 unspecified atom stereocenters. The quantitative estimate of drug-likeness (QED) is 0.176. The van der Waals surface area contributed by atoms with Crippen molar-refractivity contribution in [3.05, 3.63) is 249 Å². The molecule has 0 saturated heterocycles. The molecule has 78 heavy (non-hydrogen) atoms. The van der Waals surface area contributed by atoms with Crippen molar-refractivity contribution in [1.82, 2.24) is 28.2 Å². The molecule has 5 aromatic heterocycles. The maximum absolute atomic E-state index is 5.83. The summed E-state index contributed by atoms with van der Waals surface area (Å²) in [6.45, 7) is 0. The molecule has 1 aliphatic rings. The number of para-hydroxylation sites is 6. The molecule has 0 amide bonds. The Bertz CT molecular complexity index is 5070. The second-order valence-corrected chi connectivity index (χ2v) is 20.5. The third kappa shape index (κ3) is 6.28. The zero-order valence-corrected chi connectivity index (χ0v) is 42.0. The van der Waals surface area contributed by atoms with Gasteiger partial charge in [0, 0.05) is 60.6 Å². The minimum absolute atomic E-state index is 0.344. The highest BCUT2D eigenvalue weighted by molar-refractivity contribution is 6.28. The van der Waals surface area contributed by atoms with E-state index in [1.807, 2.05) is 0 Å². The van der Waals surface area contributed by atoms with Crippen LogP contribution >= 0.6 is 0 Å². The summed E-state index contributed by atoms with van der Waals surface area (Å²) in [5, 5.41) is 13.8. The fourth-order valence-corrected chi connectivity index (χ4v) is 12.9. The van der Waals surface area contributed by atoms with Gasteiger partial charge in [-0.15, -0.1) is 0 Å². The zero-order chi connectivity index (χ0) is 51.0. The summed E-state index contributed by atoms with van der Waals surface area (Å²) in [6.07, 6.45) is 0.220. The van der Waals surface area contributed by atoms with E-state index in [9.17, 15) is 0 Å². The number of aromatic nitrogens is 6. The standard InChI is InChI=1S/C70H44N8/c1-3-19-45-39-47(35-33-43(45)17-1)56-41-57(48-36-34-44-18-2-4-20-46(44)40-48)72-69(71-56)78-62-31-15-9-25-53(62)54-37-38-64-67(68(54)78)55-26-10-16-32-63(55)77(64)70-73-65(75-58-27-11-5-21-49(58)50-22-6-12-28-59(50)75)42-66(74-70)76-60-29-13-7-23-51(60)52-24-8-14-30-61(52)76/h1-41,65H,42H2. The first-order valence-corrected chi connectivity index (χ1v) is 26.6. The third-order valence-corrected chi connectivity index (χ3v) is 16.3. The molecule has 0 N–H and O–H groups in total. The van der Waals surface area contributed by atoms with Crippen LogP contribution in [0.25, 0.3) is 137 Å². The Morgan fingerprint density at radius 2 is 0.769 bits per heavy atom. The van der Waals surface area contributed by atoms with Crippen LogP contribution < -0.4 is 0 Å². The molecule has 364 valence electrons. The van der Waals surface area contributed by atoms with Crippen LogP contribution in [0.15, 0.2) is 259 Å². The van der Waals surface area contributed by atoms with Gasteiger partial charge in [-0.3, -0.25) is 13.7 Å². The predicted molar refractivity (Wildman–Crippen MR) is 323 cm³/mol. The summed E-state index contributed by atoms with van der Waals surface area (Å²) in [4.78, 5) is 22.8. The minimum Gasteiger partial charge on any atom is -0.317 e. The lowest BCUT2D eigenvalue weighted by atomic mass is 10.0. The second kappa shape index (κ2) is 16.5. The Balaban J connectivity index is 0.961. The summed E-state index contributed by atoms with van der Waals surface area (Å²) >= 11 is 0. The molecule has 16 aromatic rings. The van der Waals surface area contributed by atoms with E-state index in [2.05, 4.69) is 267 Å². The fraction of sp³-hybridized carbons (Fsp3) is 0.0286. The van der Waals surface area contributed by atoms with Crippen molar-refractivity contribution in [2.24, 2.45) is 9.98 Å². The van der Waals surface area contributed by atoms with Crippen molar-refractivity contribution >= 4 is 121 Å². The molecule has 6 heterocycles. The van der Waals surface area contributed by atoms with Crippen molar-refractivity contribution in [2.45, 2.75) is 12.6 Å². The third-order valence-electron chi connectivity index (χ3n) is 16.3. The molecule has 8 heteroatoms. The van der Waals surface area contributed by atoms with E-state index in [0.717, 1.165) is 105 Å². The summed E-state index contributed by atoms with van der Waals surface area (Å²) in [6, 6.07) is 89.2. The Hall–Kier alpha value is -10.4. The van der Waals surface area contributed by atoms with Crippen molar-refractivity contribution in [3.63, 3.8) is 0 Å². The van der Waals surface area contributed by atoms with Crippen molar-refractivity contribution < 1.29 is 0 Å². The van der Waals surface area contributed by atoms with Gasteiger partial charge in [-0.25, -0.2) is 15.0 Å². The van der Waals surface area contributed by atoms with Gasteiger partial charge in [-0.1, -0.05) is 188 Å². The summed E-state index contributed by atoms with van der Waals surface area (Å²) < 4.78 is 9.41. The largest absolute Gasteiger partial charge is 0.317 e. The number of hydrogen-bond donors (Lipinski definition) is 0. The molecule has 0 radical (unpaired) electrons. The maximum atomic E-state index is 5.83. The second-order valence-electron chi connectivity index (χ2n) is 20.5. The van der Waals surface area contributed by atoms with Gasteiger partial charge in [0.25, 0.3) is 0 Å². The van der Waals surface area contributed by atoms with E-state index in [0.29, 0.717) is 18.3 Å². The molecule has 0 saturated carbocycles. The topological polar surface area (TPSA) is 70.2 Å². The SMILES string of the molecule is c1ccc2cc(-c3cc(-c4ccc5ccccc5c4)nc(-n4c5ccccc5c5ccc6c(c7ccccc7n6C6=NC(n7c8ccccc8c8ccccc87)CC(n7c8ccccc8c8ccccc87)=N6)c54)n3)ccc2c1. The molecule has 0 spiro atoms. The fourth-order valence-electron chi connectivity index (χ4n) is 12.9. The first kappa shape index (κ1) is 42.9. The summed E-state index contributed by atoms with van der Waals surface area (Å²) in [5.74, 6) is 2.13. The molecule has 0 fully saturated rings. The van der Waals surface area contributed by atoms with Gasteiger partial charge in [0.2, 0.25) is 11.9 Å². The van der Waals surface area contributed by atoms with Gasteiger partial charge in [-0.05, 0) is 82.2 Å². The van der Waals surface area contributed by atoms with Crippen LogP contribution in [-0.4, -0.2) is 40.0 Å². The van der Waals surface area contributed by atoms with Crippen LogP contribution in [-0.2, 0) is 0 Å². The smallest absolute Gasteiger partial charge is 0.235 e. The van der Waals surface area contributed by atoms with Crippen LogP contribution in [0.4, 0.5) is 0 Å². The monoisotopic (exact) mass is 996 g/mol. The van der Waals surface area contributed by atoms with Gasteiger partial charge in [-0.2, -0.15) is 4.99 Å². The number of fused-ring (bicyclic) bond motifs is 15. The zero-order valence-electron chi connectivity index (χ0n) is 42.0. The Morgan fingerprint density at radius 3 is 1.32 bits per heavy atom. The highest BCUT2D eigenvalue weighted by atomic mass is 15.3. The van der Waals surface area contributed by atoms with Crippen LogP contribution in [0.2, 0.25) is 0 Å². The summed E-state index contributed by atoms with van der Waals surface area (Å²) in [5.41, 5.74) is 12.3. The normalized spacial score (nSPS) is 14.1. The van der Waals surface area contributed by atoms with E-state index < -0.39 is 0 Å². The molecule has 1 aliphatic heterocycles. The summed E-state index contributed by atoms with van der Waals surface area (Å²) in [7, 11) is 0. The highest BCUT2D eigenvalue weighted by Crippen LogP contribution is 2.43. The van der Waals surface area contributed by atoms with E-state index in [-0.39, 0.29) is 6.17 Å². The van der Waals surface area contributed by atoms with Gasteiger partial charge < -0.3 is 4.57 Å². The number of nitrogens with zero attached hydrogens (tertiary/aromatic N) is 8. The van der Waals surface area contributed by atoms with Crippen molar-refractivity contribution in [1.29, 1.82) is 0 Å². The van der Waals surface area contributed by atoms with Crippen LogP contribution in [0.5, 0.6) is 0 Å². The van der Waals surface area contributed by atoms with Crippen molar-refractivity contribution in [2.75, 3.05) is 0 Å². The Labute approximate surface area is 446 Å². The molecule has 0 aliphatic carbocycles. The molecular weight excluding hydrogens is 953 g/mol. The first-order chi connectivity index (χ1) is 38.7. The average molecular weight is 997 g/mol. The Kier molecular flexibility index (Phi) is 9.08. The van der Waals surface area contributed by atoms with Crippen LogP contribution in [0, 0.1) is 0 Å². The van der Waals surface area contributed by atoms with Gasteiger partial charge >= 0.3 is 0 Å². The molecule has 0 bridgehead atoms. The number of aliphatic imine (C=N–C) groups is 2. The lowest BCUT2D eigenvalue weighted by Gasteiger charge is -2.25. The van der Waals surface area contributed by atoms with Gasteiger partial charge in [0.15, 0.2) is 0 Å². The first-order valence-electron chi connectivity index (χ1n) is 26.6. The van der Waals surface area contributed by atoms with Gasteiger partial charge in [0.1, 0.15) is 12.0 Å². The predicted octanol–water partition coefficient (Wildman–Crippen LogP) is 17.3. The number of benzene rings is 11. The van der Waals surface area contributed by atoms with Gasteiger partial charge in [0.05, 0.1) is 55.5 Å². The molecule has 11 aromatic carbocycles. The van der Waals surface area contributed by atoms with E-state index in [1.165, 1.54) is 32.3 Å². The highest BCUT2D eigenvalue weighted by Gasteiger charge is 2.30. The number of hydrogen-bond acceptors (Lipinski definition) is 4. The molecular formula is C70H44N8. The Morgan fingerprint density at radius 1 is 0.333 bits per heavy atom. The van der Waals surface area contributed by atoms with Crippen molar-refractivity contribution in [3.8, 4) is 28.5 Å². The van der Waals surface area contributed by atoms with E-state index in [4.69, 9.17) is 20.0 Å². The van der Waals surface area contributed by atoms with E-state index >= 15 is 0 Å². The maximum Gasteiger partial charge on any atom is 0.235 e. The van der Waals surface area contributed by atoms with E-state index in [1.54, 1.807) is 0 Å². The van der Waals surface area contributed by atoms with Crippen LogP contribution in [0.1, 0.15) is 12.6 Å².